The minimum Gasteiger partial charge on any atom is -0.456 e. The molecule has 3 heterocycles. The molecule has 0 aliphatic carbocycles. The minimum absolute atomic E-state index is 0.171. The Bertz CT molecular complexity index is 1310. The second kappa shape index (κ2) is 9.74. The maximum Gasteiger partial charge on any atom is 0.433 e. The van der Waals surface area contributed by atoms with Crippen molar-refractivity contribution in [3.05, 3.63) is 100 Å². The van der Waals surface area contributed by atoms with Crippen LogP contribution in [-0.4, -0.2) is 20.4 Å². The molecule has 0 unspecified atom stereocenters. The Balaban J connectivity index is 1.38. The van der Waals surface area contributed by atoms with Crippen LogP contribution in [0.15, 0.2) is 73.2 Å². The Morgan fingerprint density at radius 1 is 1.00 bits per heavy atom. The van der Waals surface area contributed by atoms with Gasteiger partial charge in [-0.1, -0.05) is 35.3 Å². The number of ether oxygens (including phenoxy) is 1. The lowest BCUT2D eigenvalue weighted by molar-refractivity contribution is -0.141. The Labute approximate surface area is 201 Å². The number of nitrogens with one attached hydrogen (secondary N) is 1. The van der Waals surface area contributed by atoms with E-state index in [0.717, 1.165) is 17.8 Å². The second-order valence-electron chi connectivity index (χ2n) is 7.03. The van der Waals surface area contributed by atoms with Crippen LogP contribution in [0.4, 0.5) is 13.2 Å². The zero-order valence-electron chi connectivity index (χ0n) is 17.2. The van der Waals surface area contributed by atoms with Crippen molar-refractivity contribution in [2.24, 2.45) is 0 Å². The molecule has 0 atom stereocenters. The largest absolute Gasteiger partial charge is 0.456 e. The van der Waals surface area contributed by atoms with Crippen LogP contribution in [0.2, 0.25) is 10.0 Å². The fourth-order valence-electron chi connectivity index (χ4n) is 3.03. The monoisotopic (exact) mass is 506 g/mol. The first-order valence-corrected chi connectivity index (χ1v) is 10.5. The molecule has 34 heavy (non-hydrogen) atoms. The fraction of sp³-hybridized carbons (Fsp3) is 0.0870. The number of alkyl halides is 3. The summed E-state index contributed by atoms with van der Waals surface area (Å²) >= 11 is 12.1. The van der Waals surface area contributed by atoms with Gasteiger partial charge in [0.25, 0.3) is 5.91 Å². The molecule has 174 valence electrons. The van der Waals surface area contributed by atoms with Gasteiger partial charge in [-0.25, -0.2) is 9.97 Å². The number of carbonyl (C=O) groups excluding carboxylic acids is 1. The van der Waals surface area contributed by atoms with Crippen LogP contribution >= 0.6 is 23.2 Å². The Hall–Kier alpha value is -3.56. The molecule has 3 aromatic heterocycles. The standard InChI is InChI=1S/C23H15Cl2F3N4O2/c24-15-10-18(25)21(30-12-15)32-9-1-2-19(32)22(33)31-11-14-3-5-16(6-4-14)34-17-7-8-20(29-13-17)23(26,27)28/h1-10,12-13H,11H2,(H,31,33). The van der Waals surface area contributed by atoms with E-state index in [4.69, 9.17) is 27.9 Å². The van der Waals surface area contributed by atoms with Crippen LogP contribution in [0.3, 0.4) is 0 Å². The Morgan fingerprint density at radius 3 is 2.38 bits per heavy atom. The van der Waals surface area contributed by atoms with Crippen molar-refractivity contribution in [2.45, 2.75) is 12.7 Å². The van der Waals surface area contributed by atoms with Crippen molar-refractivity contribution in [2.75, 3.05) is 0 Å². The normalized spacial score (nSPS) is 11.3. The molecule has 1 N–H and O–H groups in total. The Morgan fingerprint density at radius 2 is 1.74 bits per heavy atom. The molecule has 0 saturated heterocycles. The SMILES string of the molecule is O=C(NCc1ccc(Oc2ccc(C(F)(F)F)nc2)cc1)c1cccn1-c1ncc(Cl)cc1Cl. The highest BCUT2D eigenvalue weighted by Gasteiger charge is 2.32. The third-order valence-corrected chi connectivity index (χ3v) is 5.12. The van der Waals surface area contributed by atoms with Gasteiger partial charge in [0.15, 0.2) is 5.82 Å². The molecule has 11 heteroatoms. The second-order valence-corrected chi connectivity index (χ2v) is 7.87. The number of hydrogen-bond donors (Lipinski definition) is 1. The van der Waals surface area contributed by atoms with Crippen molar-refractivity contribution in [1.82, 2.24) is 19.9 Å². The van der Waals surface area contributed by atoms with Crippen LogP contribution in [0.1, 0.15) is 21.7 Å². The van der Waals surface area contributed by atoms with E-state index >= 15 is 0 Å². The predicted octanol–water partition coefficient (Wildman–Crippen LogP) is 6.32. The number of halogens is 5. The molecular formula is C23H15Cl2F3N4O2. The third-order valence-electron chi connectivity index (χ3n) is 4.64. The van der Waals surface area contributed by atoms with Gasteiger partial charge in [0.05, 0.1) is 16.2 Å². The summed E-state index contributed by atoms with van der Waals surface area (Å²) < 4.78 is 44.9. The van der Waals surface area contributed by atoms with Crippen molar-refractivity contribution in [3.63, 3.8) is 0 Å². The van der Waals surface area contributed by atoms with E-state index in [2.05, 4.69) is 15.3 Å². The average Bonchev–Trinajstić information content (AvgIpc) is 3.28. The zero-order chi connectivity index (χ0) is 24.3. The van der Waals surface area contributed by atoms with Crippen LogP contribution in [0.5, 0.6) is 11.5 Å². The van der Waals surface area contributed by atoms with Gasteiger partial charge in [0, 0.05) is 18.9 Å². The van der Waals surface area contributed by atoms with E-state index in [1.807, 2.05) is 0 Å². The summed E-state index contributed by atoms with van der Waals surface area (Å²) in [6.07, 6.45) is -0.397. The molecule has 0 fully saturated rings. The summed E-state index contributed by atoms with van der Waals surface area (Å²) in [6.45, 7) is 0.230. The van der Waals surface area contributed by atoms with Crippen molar-refractivity contribution < 1.29 is 22.7 Å². The quantitative estimate of drug-likeness (QED) is 0.332. The lowest BCUT2D eigenvalue weighted by atomic mass is 10.2. The summed E-state index contributed by atoms with van der Waals surface area (Å²) in [5.41, 5.74) is 0.129. The van der Waals surface area contributed by atoms with E-state index in [-0.39, 0.29) is 18.2 Å². The first-order valence-electron chi connectivity index (χ1n) is 9.78. The number of amides is 1. The summed E-state index contributed by atoms with van der Waals surface area (Å²) in [5.74, 6) is 0.618. The van der Waals surface area contributed by atoms with Crippen molar-refractivity contribution in [1.29, 1.82) is 0 Å². The maximum absolute atomic E-state index is 12.7. The fourth-order valence-corrected chi connectivity index (χ4v) is 3.50. The smallest absolute Gasteiger partial charge is 0.433 e. The van der Waals surface area contributed by atoms with Crippen molar-refractivity contribution in [3.8, 4) is 17.3 Å². The third kappa shape index (κ3) is 5.49. The van der Waals surface area contributed by atoms with E-state index in [0.29, 0.717) is 27.3 Å². The van der Waals surface area contributed by atoms with Crippen LogP contribution in [0, 0.1) is 0 Å². The van der Waals surface area contributed by atoms with Gasteiger partial charge in [0.1, 0.15) is 22.9 Å². The van der Waals surface area contributed by atoms with Gasteiger partial charge in [-0.3, -0.25) is 9.36 Å². The van der Waals surface area contributed by atoms with Crippen molar-refractivity contribution >= 4 is 29.1 Å². The van der Waals surface area contributed by atoms with E-state index in [1.54, 1.807) is 47.2 Å². The molecule has 0 saturated carbocycles. The molecule has 1 amide bonds. The van der Waals surface area contributed by atoms with E-state index < -0.39 is 11.9 Å². The highest BCUT2D eigenvalue weighted by Crippen LogP contribution is 2.29. The molecular weight excluding hydrogens is 492 g/mol. The predicted molar refractivity (Wildman–Crippen MR) is 121 cm³/mol. The Kier molecular flexibility index (Phi) is 6.76. The molecule has 0 aliphatic rings. The van der Waals surface area contributed by atoms with Gasteiger partial charge < -0.3 is 10.1 Å². The number of carbonyl (C=O) groups is 1. The number of benzene rings is 1. The van der Waals surface area contributed by atoms with Crippen LogP contribution in [-0.2, 0) is 12.7 Å². The number of pyridine rings is 2. The zero-order valence-corrected chi connectivity index (χ0v) is 18.7. The number of hydrogen-bond acceptors (Lipinski definition) is 4. The topological polar surface area (TPSA) is 69.0 Å². The first kappa shape index (κ1) is 23.6. The maximum atomic E-state index is 12.7. The highest BCUT2D eigenvalue weighted by molar-refractivity contribution is 6.35. The van der Waals surface area contributed by atoms with Crippen LogP contribution in [0.25, 0.3) is 5.82 Å². The van der Waals surface area contributed by atoms with Gasteiger partial charge in [-0.15, -0.1) is 0 Å². The molecule has 4 rings (SSSR count). The number of rotatable bonds is 6. The first-order chi connectivity index (χ1) is 16.2. The highest BCUT2D eigenvalue weighted by atomic mass is 35.5. The number of nitrogens with zero attached hydrogens (tertiary/aromatic N) is 3. The number of aromatic nitrogens is 3. The average molecular weight is 507 g/mol. The van der Waals surface area contributed by atoms with Crippen LogP contribution < -0.4 is 10.1 Å². The molecule has 6 nitrogen and oxygen atoms in total. The van der Waals surface area contributed by atoms with Gasteiger partial charge in [0.2, 0.25) is 0 Å². The van der Waals surface area contributed by atoms with Gasteiger partial charge in [-0.2, -0.15) is 13.2 Å². The van der Waals surface area contributed by atoms with E-state index in [1.165, 1.54) is 18.3 Å². The molecule has 0 spiro atoms. The summed E-state index contributed by atoms with van der Waals surface area (Å²) in [5, 5.41) is 3.50. The lowest BCUT2D eigenvalue weighted by Gasteiger charge is -2.11. The summed E-state index contributed by atoms with van der Waals surface area (Å²) in [4.78, 5) is 20.3. The summed E-state index contributed by atoms with van der Waals surface area (Å²) in [6, 6.07) is 13.6. The van der Waals surface area contributed by atoms with Gasteiger partial charge >= 0.3 is 6.18 Å². The van der Waals surface area contributed by atoms with Gasteiger partial charge in [-0.05, 0) is 48.0 Å². The molecule has 4 aromatic rings. The molecule has 0 radical (unpaired) electrons. The molecule has 0 bridgehead atoms. The minimum atomic E-state index is -4.51. The lowest BCUT2D eigenvalue weighted by Crippen LogP contribution is -2.25. The molecule has 1 aromatic carbocycles. The molecule has 0 aliphatic heterocycles. The van der Waals surface area contributed by atoms with E-state index in [9.17, 15) is 18.0 Å². The summed E-state index contributed by atoms with van der Waals surface area (Å²) in [7, 11) is 0.